The Bertz CT molecular complexity index is 415. The third kappa shape index (κ3) is 13.4. The summed E-state index contributed by atoms with van der Waals surface area (Å²) < 4.78 is 11.7. The van der Waals surface area contributed by atoms with E-state index < -0.39 is 37.3 Å². The van der Waals surface area contributed by atoms with E-state index in [1.54, 1.807) is 0 Å². The summed E-state index contributed by atoms with van der Waals surface area (Å²) in [4.78, 5) is 0. The van der Waals surface area contributed by atoms with Gasteiger partial charge in [-0.15, -0.1) is 0 Å². The van der Waals surface area contributed by atoms with Crippen molar-refractivity contribution in [2.45, 2.75) is 166 Å². The highest BCUT2D eigenvalue weighted by atomic mass is 16.7. The second-order valence-electron chi connectivity index (χ2n) is 9.99. The molecule has 0 radical (unpaired) electrons. The van der Waals surface area contributed by atoms with Gasteiger partial charge in [0.2, 0.25) is 0 Å². The molecule has 0 unspecified atom stereocenters. The molecule has 6 nitrogen and oxygen atoms in total. The lowest BCUT2D eigenvalue weighted by Gasteiger charge is -2.24. The van der Waals surface area contributed by atoms with Gasteiger partial charge >= 0.3 is 0 Å². The summed E-state index contributed by atoms with van der Waals surface area (Å²) in [6.45, 7) is 3.95. The molecule has 0 aliphatic carbocycles. The van der Waals surface area contributed by atoms with Crippen LogP contribution >= 0.6 is 0 Å². The quantitative estimate of drug-likeness (QED) is 0.160. The van der Waals surface area contributed by atoms with E-state index in [1.807, 2.05) is 0 Å². The molecule has 0 aromatic rings. The lowest BCUT2D eigenvalue weighted by molar-refractivity contribution is -0.204. The number of aliphatic hydroxyl groups is 4. The van der Waals surface area contributed by atoms with Gasteiger partial charge in [-0.1, -0.05) is 117 Å². The van der Waals surface area contributed by atoms with Crippen LogP contribution in [0.2, 0.25) is 0 Å². The lowest BCUT2D eigenvalue weighted by atomic mass is 10.0. The molecule has 1 rings (SSSR count). The highest BCUT2D eigenvalue weighted by Gasteiger charge is 2.47. The van der Waals surface area contributed by atoms with Gasteiger partial charge in [-0.2, -0.15) is 0 Å². The molecule has 6 heteroatoms. The van der Waals surface area contributed by atoms with E-state index in [0.717, 1.165) is 25.7 Å². The molecule has 4 N–H and O–H groups in total. The van der Waals surface area contributed by atoms with E-state index in [2.05, 4.69) is 13.8 Å². The molecule has 1 aliphatic rings. The van der Waals surface area contributed by atoms with Gasteiger partial charge < -0.3 is 29.9 Å². The Labute approximate surface area is 203 Å². The minimum Gasteiger partial charge on any atom is -0.394 e. The van der Waals surface area contributed by atoms with Crippen molar-refractivity contribution in [2.75, 3.05) is 6.61 Å². The first-order valence-corrected chi connectivity index (χ1v) is 14.0. The highest BCUT2D eigenvalue weighted by Crippen LogP contribution is 2.28. The number of unbranched alkanes of at least 4 members (excludes halogenated alkanes) is 14. The first-order valence-electron chi connectivity index (χ1n) is 14.0. The van der Waals surface area contributed by atoms with E-state index in [1.165, 1.54) is 89.9 Å². The first kappa shape index (κ1) is 30.8. The summed E-state index contributed by atoms with van der Waals surface area (Å²) in [5.41, 5.74) is 0. The molecule has 0 spiro atoms. The van der Waals surface area contributed by atoms with Crippen molar-refractivity contribution in [1.82, 2.24) is 0 Å². The van der Waals surface area contributed by atoms with E-state index >= 15 is 0 Å². The Morgan fingerprint density at radius 3 is 1.52 bits per heavy atom. The van der Waals surface area contributed by atoms with E-state index in [4.69, 9.17) is 9.47 Å². The third-order valence-electron chi connectivity index (χ3n) is 6.91. The van der Waals surface area contributed by atoms with Gasteiger partial charge in [0.15, 0.2) is 6.29 Å². The SMILES string of the molecule is CCCCCCCCCCC(CCCCCCCCCC)O[C@H]1O[C@@H]([C@H](O)CO)[C@H](O)[C@H]1O. The zero-order chi connectivity index (χ0) is 24.3. The number of ether oxygens (including phenoxy) is 2. The topological polar surface area (TPSA) is 99.4 Å². The predicted octanol–water partition coefficient (Wildman–Crippen LogP) is 5.23. The second-order valence-corrected chi connectivity index (χ2v) is 9.99. The van der Waals surface area contributed by atoms with Crippen molar-refractivity contribution in [3.05, 3.63) is 0 Å². The summed E-state index contributed by atoms with van der Waals surface area (Å²) in [5, 5.41) is 39.6. The Kier molecular flexibility index (Phi) is 18.7. The van der Waals surface area contributed by atoms with Crippen LogP contribution in [-0.4, -0.2) is 63.8 Å². The van der Waals surface area contributed by atoms with Crippen molar-refractivity contribution < 1.29 is 29.9 Å². The molecule has 1 aliphatic heterocycles. The minimum atomic E-state index is -1.26. The molecule has 0 bridgehead atoms. The number of hydrogen-bond donors (Lipinski definition) is 4. The fourth-order valence-electron chi connectivity index (χ4n) is 4.69. The molecule has 198 valence electrons. The van der Waals surface area contributed by atoms with E-state index in [-0.39, 0.29) is 6.10 Å². The molecule has 0 aromatic carbocycles. The zero-order valence-electron chi connectivity index (χ0n) is 21.5. The fourth-order valence-corrected chi connectivity index (χ4v) is 4.69. The normalized spacial score (nSPS) is 24.1. The van der Waals surface area contributed by atoms with Crippen LogP contribution in [0.5, 0.6) is 0 Å². The standard InChI is InChI=1S/C27H54O6/c1-3-5-7-9-11-13-15-17-19-22(20-18-16-14-12-10-8-6-4-2)32-27-25(31)24(30)26(33-27)23(29)21-28/h22-31H,3-21H2,1-2H3/t23-,24-,25-,26+,27+/m1/s1. The van der Waals surface area contributed by atoms with Crippen molar-refractivity contribution in [2.24, 2.45) is 0 Å². The largest absolute Gasteiger partial charge is 0.394 e. The van der Waals surface area contributed by atoms with Gasteiger partial charge in [-0.05, 0) is 12.8 Å². The number of aliphatic hydroxyl groups excluding tert-OH is 4. The molecule has 0 saturated carbocycles. The Balaban J connectivity index is 2.40. The molecule has 1 heterocycles. The summed E-state index contributed by atoms with van der Waals surface area (Å²) in [6.07, 6.45) is 16.3. The molecular formula is C27H54O6. The maximum Gasteiger partial charge on any atom is 0.186 e. The average Bonchev–Trinajstić information content (AvgIpc) is 3.10. The van der Waals surface area contributed by atoms with Gasteiger partial charge in [-0.3, -0.25) is 0 Å². The molecule has 1 fully saturated rings. The molecule has 33 heavy (non-hydrogen) atoms. The molecule has 5 atom stereocenters. The van der Waals surface area contributed by atoms with Crippen molar-refractivity contribution in [3.8, 4) is 0 Å². The van der Waals surface area contributed by atoms with Crippen LogP contribution in [0.3, 0.4) is 0 Å². The van der Waals surface area contributed by atoms with E-state index in [0.29, 0.717) is 0 Å². The van der Waals surface area contributed by atoms with Crippen LogP contribution in [0.15, 0.2) is 0 Å². The molecular weight excluding hydrogens is 420 g/mol. The van der Waals surface area contributed by atoms with Crippen LogP contribution in [0.4, 0.5) is 0 Å². The predicted molar refractivity (Wildman–Crippen MR) is 133 cm³/mol. The van der Waals surface area contributed by atoms with Crippen LogP contribution in [-0.2, 0) is 9.47 Å². The average molecular weight is 475 g/mol. The third-order valence-corrected chi connectivity index (χ3v) is 6.91. The summed E-state index contributed by atoms with van der Waals surface area (Å²) in [6, 6.07) is 0. The summed E-state index contributed by atoms with van der Waals surface area (Å²) >= 11 is 0. The number of hydrogen-bond acceptors (Lipinski definition) is 6. The fraction of sp³-hybridized carbons (Fsp3) is 1.00. The van der Waals surface area contributed by atoms with Crippen molar-refractivity contribution >= 4 is 0 Å². The van der Waals surface area contributed by atoms with Crippen molar-refractivity contribution in [1.29, 1.82) is 0 Å². The number of rotatable bonds is 22. The van der Waals surface area contributed by atoms with Crippen LogP contribution < -0.4 is 0 Å². The molecule has 1 saturated heterocycles. The summed E-state index contributed by atoms with van der Waals surface area (Å²) in [7, 11) is 0. The Morgan fingerprint density at radius 2 is 1.09 bits per heavy atom. The lowest BCUT2D eigenvalue weighted by Crippen LogP contribution is -2.40. The Hall–Kier alpha value is -0.240. The highest BCUT2D eigenvalue weighted by molar-refractivity contribution is 4.91. The maximum absolute atomic E-state index is 10.4. The molecule has 0 amide bonds. The monoisotopic (exact) mass is 474 g/mol. The maximum atomic E-state index is 10.4. The van der Waals surface area contributed by atoms with Gasteiger partial charge in [-0.25, -0.2) is 0 Å². The van der Waals surface area contributed by atoms with Crippen LogP contribution in [0.1, 0.15) is 129 Å². The van der Waals surface area contributed by atoms with Crippen LogP contribution in [0, 0.1) is 0 Å². The van der Waals surface area contributed by atoms with Crippen molar-refractivity contribution in [3.63, 3.8) is 0 Å². The second kappa shape index (κ2) is 20.0. The van der Waals surface area contributed by atoms with Gasteiger partial charge in [0.05, 0.1) is 12.7 Å². The minimum absolute atomic E-state index is 0.0259. The van der Waals surface area contributed by atoms with Crippen LogP contribution in [0.25, 0.3) is 0 Å². The zero-order valence-corrected chi connectivity index (χ0v) is 21.5. The van der Waals surface area contributed by atoms with Gasteiger partial charge in [0, 0.05) is 0 Å². The van der Waals surface area contributed by atoms with E-state index in [9.17, 15) is 20.4 Å². The first-order chi connectivity index (χ1) is 16.0. The van der Waals surface area contributed by atoms with Gasteiger partial charge in [0.25, 0.3) is 0 Å². The van der Waals surface area contributed by atoms with Gasteiger partial charge in [0.1, 0.15) is 24.4 Å². The smallest absolute Gasteiger partial charge is 0.186 e. The summed E-state index contributed by atoms with van der Waals surface area (Å²) in [5.74, 6) is 0. The molecule has 0 aromatic heterocycles. The Morgan fingerprint density at radius 1 is 0.667 bits per heavy atom.